The molecule has 0 spiro atoms. The van der Waals surface area contributed by atoms with Gasteiger partial charge in [0.1, 0.15) is 11.4 Å². The van der Waals surface area contributed by atoms with Crippen LogP contribution in [0.5, 0.6) is 0 Å². The fraction of sp³-hybridized carbons (Fsp3) is 0.333. The highest BCUT2D eigenvalue weighted by atomic mass is 32.2. The molecule has 2 heterocycles. The van der Waals surface area contributed by atoms with E-state index in [0.717, 1.165) is 16.3 Å². The van der Waals surface area contributed by atoms with E-state index >= 15 is 0 Å². The normalized spacial score (nSPS) is 10.7. The van der Waals surface area contributed by atoms with Gasteiger partial charge >= 0.3 is 11.9 Å². The van der Waals surface area contributed by atoms with Crippen molar-refractivity contribution in [3.8, 4) is 0 Å². The molecule has 0 aliphatic rings. The molecule has 0 aliphatic heterocycles. The standard InChI is InChI=1S/C12H12N2O5S2/c1-2-19-9(17)5-14-11(18)7-3-4-20-10(7)13-12(14)21-6-8(15)16/h3-4H,2,5-6H2,1H3,(H,15,16). The molecular formula is C12H12N2O5S2. The molecule has 0 fully saturated rings. The third kappa shape index (κ3) is 3.61. The lowest BCUT2D eigenvalue weighted by Gasteiger charge is -2.10. The maximum Gasteiger partial charge on any atom is 0.326 e. The van der Waals surface area contributed by atoms with Gasteiger partial charge in [-0.2, -0.15) is 0 Å². The van der Waals surface area contributed by atoms with E-state index in [4.69, 9.17) is 9.84 Å². The first kappa shape index (κ1) is 15.5. The van der Waals surface area contributed by atoms with Crippen LogP contribution in [0.2, 0.25) is 0 Å². The van der Waals surface area contributed by atoms with Crippen molar-refractivity contribution in [2.24, 2.45) is 0 Å². The molecule has 0 aromatic carbocycles. The highest BCUT2D eigenvalue weighted by Gasteiger charge is 2.16. The Labute approximate surface area is 127 Å². The van der Waals surface area contributed by atoms with Gasteiger partial charge in [-0.1, -0.05) is 11.8 Å². The van der Waals surface area contributed by atoms with Crippen LogP contribution in [0.15, 0.2) is 21.4 Å². The van der Waals surface area contributed by atoms with Crippen molar-refractivity contribution in [1.29, 1.82) is 0 Å². The quantitative estimate of drug-likeness (QED) is 0.483. The molecular weight excluding hydrogens is 316 g/mol. The summed E-state index contributed by atoms with van der Waals surface area (Å²) in [7, 11) is 0. The number of fused-ring (bicyclic) bond motifs is 1. The Bertz CT molecular complexity index is 737. The van der Waals surface area contributed by atoms with Gasteiger partial charge in [0.15, 0.2) is 5.16 Å². The van der Waals surface area contributed by atoms with E-state index in [9.17, 15) is 14.4 Å². The second kappa shape index (κ2) is 6.72. The molecule has 0 atom stereocenters. The average Bonchev–Trinajstić information content (AvgIpc) is 2.88. The summed E-state index contributed by atoms with van der Waals surface area (Å²) >= 11 is 2.19. The van der Waals surface area contributed by atoms with Crippen LogP contribution in [0.25, 0.3) is 10.2 Å². The third-order valence-electron chi connectivity index (χ3n) is 2.47. The van der Waals surface area contributed by atoms with Gasteiger partial charge < -0.3 is 9.84 Å². The number of hydrogen-bond donors (Lipinski definition) is 1. The monoisotopic (exact) mass is 328 g/mol. The van der Waals surface area contributed by atoms with Crippen LogP contribution in [0.3, 0.4) is 0 Å². The largest absolute Gasteiger partial charge is 0.481 e. The maximum atomic E-state index is 12.4. The number of carbonyl (C=O) groups excluding carboxylic acids is 1. The molecule has 0 bridgehead atoms. The van der Waals surface area contributed by atoms with Gasteiger partial charge in [0, 0.05) is 0 Å². The molecule has 21 heavy (non-hydrogen) atoms. The number of carboxylic acid groups (broad SMARTS) is 1. The van der Waals surface area contributed by atoms with Crippen molar-refractivity contribution in [3.05, 3.63) is 21.8 Å². The number of rotatable bonds is 6. The van der Waals surface area contributed by atoms with Crippen LogP contribution in [-0.2, 0) is 20.9 Å². The average molecular weight is 328 g/mol. The van der Waals surface area contributed by atoms with E-state index in [0.29, 0.717) is 10.2 Å². The fourth-order valence-electron chi connectivity index (χ4n) is 1.64. The third-order valence-corrected chi connectivity index (χ3v) is 4.23. The maximum absolute atomic E-state index is 12.4. The van der Waals surface area contributed by atoms with Crippen molar-refractivity contribution in [1.82, 2.24) is 9.55 Å². The summed E-state index contributed by atoms with van der Waals surface area (Å²) in [5.41, 5.74) is -0.373. The molecule has 0 unspecified atom stereocenters. The van der Waals surface area contributed by atoms with E-state index in [1.165, 1.54) is 11.3 Å². The lowest BCUT2D eigenvalue weighted by atomic mass is 10.4. The van der Waals surface area contributed by atoms with Gasteiger partial charge in [-0.25, -0.2) is 4.98 Å². The van der Waals surface area contributed by atoms with Crippen molar-refractivity contribution in [2.45, 2.75) is 18.6 Å². The predicted octanol–water partition coefficient (Wildman–Crippen LogP) is 1.20. The zero-order valence-corrected chi connectivity index (χ0v) is 12.7. The topological polar surface area (TPSA) is 98.5 Å². The van der Waals surface area contributed by atoms with E-state index in [-0.39, 0.29) is 29.6 Å². The lowest BCUT2D eigenvalue weighted by Crippen LogP contribution is -2.27. The summed E-state index contributed by atoms with van der Waals surface area (Å²) in [6.45, 7) is 1.59. The number of hydrogen-bond acceptors (Lipinski definition) is 7. The zero-order valence-electron chi connectivity index (χ0n) is 11.1. The molecule has 7 nitrogen and oxygen atoms in total. The van der Waals surface area contributed by atoms with Gasteiger partial charge in [-0.3, -0.25) is 19.0 Å². The second-order valence-corrected chi connectivity index (χ2v) is 5.75. The predicted molar refractivity (Wildman–Crippen MR) is 78.9 cm³/mol. The Morgan fingerprint density at radius 1 is 1.52 bits per heavy atom. The Morgan fingerprint density at radius 2 is 2.29 bits per heavy atom. The van der Waals surface area contributed by atoms with Crippen molar-refractivity contribution in [2.75, 3.05) is 12.4 Å². The Morgan fingerprint density at radius 3 is 2.95 bits per heavy atom. The molecule has 0 aliphatic carbocycles. The number of carbonyl (C=O) groups is 2. The summed E-state index contributed by atoms with van der Waals surface area (Å²) in [6, 6.07) is 1.63. The van der Waals surface area contributed by atoms with Crippen LogP contribution >= 0.6 is 23.1 Å². The SMILES string of the molecule is CCOC(=O)Cn1c(SCC(=O)O)nc2sccc2c1=O. The number of aromatic nitrogens is 2. The Hall–Kier alpha value is -1.87. The summed E-state index contributed by atoms with van der Waals surface area (Å²) in [6.07, 6.45) is 0. The zero-order chi connectivity index (χ0) is 15.4. The van der Waals surface area contributed by atoms with E-state index in [1.807, 2.05) is 0 Å². The van der Waals surface area contributed by atoms with Crippen LogP contribution in [0.1, 0.15) is 6.92 Å². The number of carboxylic acids is 1. The van der Waals surface area contributed by atoms with Crippen molar-refractivity contribution in [3.63, 3.8) is 0 Å². The van der Waals surface area contributed by atoms with Crippen LogP contribution in [0.4, 0.5) is 0 Å². The Balaban J connectivity index is 2.44. The van der Waals surface area contributed by atoms with E-state index in [1.54, 1.807) is 18.4 Å². The van der Waals surface area contributed by atoms with Gasteiger partial charge in [0.25, 0.3) is 5.56 Å². The van der Waals surface area contributed by atoms with Crippen molar-refractivity contribution < 1.29 is 19.4 Å². The summed E-state index contributed by atoms with van der Waals surface area (Å²) in [5.74, 6) is -1.83. The minimum absolute atomic E-state index is 0.199. The number of ether oxygens (including phenoxy) is 1. The molecule has 1 N–H and O–H groups in total. The van der Waals surface area contributed by atoms with Gasteiger partial charge in [-0.05, 0) is 18.4 Å². The highest BCUT2D eigenvalue weighted by molar-refractivity contribution is 7.99. The highest BCUT2D eigenvalue weighted by Crippen LogP contribution is 2.21. The van der Waals surface area contributed by atoms with Gasteiger partial charge in [-0.15, -0.1) is 11.3 Å². The first-order chi connectivity index (χ1) is 10.0. The molecule has 2 rings (SSSR count). The lowest BCUT2D eigenvalue weighted by molar-refractivity contribution is -0.144. The Kier molecular flexibility index (Phi) is 4.97. The molecule has 0 radical (unpaired) electrons. The van der Waals surface area contributed by atoms with Gasteiger partial charge in [0.05, 0.1) is 17.7 Å². The minimum Gasteiger partial charge on any atom is -0.481 e. The summed E-state index contributed by atoms with van der Waals surface area (Å²) < 4.78 is 5.98. The minimum atomic E-state index is -1.02. The molecule has 9 heteroatoms. The van der Waals surface area contributed by atoms with Crippen LogP contribution in [-0.4, -0.2) is 39.0 Å². The molecule has 0 amide bonds. The number of aliphatic carboxylic acids is 1. The fourth-order valence-corrected chi connectivity index (χ4v) is 3.17. The molecule has 2 aromatic heterocycles. The first-order valence-electron chi connectivity index (χ1n) is 6.01. The summed E-state index contributed by atoms with van der Waals surface area (Å²) in [4.78, 5) is 39.4. The number of thiophene rings is 1. The molecule has 0 saturated carbocycles. The number of esters is 1. The van der Waals surface area contributed by atoms with E-state index < -0.39 is 11.9 Å². The smallest absolute Gasteiger partial charge is 0.326 e. The summed E-state index contributed by atoms with van der Waals surface area (Å²) in [5, 5.41) is 11.1. The van der Waals surface area contributed by atoms with Crippen LogP contribution < -0.4 is 5.56 Å². The van der Waals surface area contributed by atoms with E-state index in [2.05, 4.69) is 4.98 Å². The first-order valence-corrected chi connectivity index (χ1v) is 7.87. The van der Waals surface area contributed by atoms with Crippen molar-refractivity contribution >= 4 is 45.3 Å². The number of nitrogens with zero attached hydrogens (tertiary/aromatic N) is 2. The molecule has 0 saturated heterocycles. The molecule has 2 aromatic rings. The van der Waals surface area contributed by atoms with Crippen LogP contribution in [0, 0.1) is 0 Å². The number of thioether (sulfide) groups is 1. The second-order valence-electron chi connectivity index (χ2n) is 3.91. The van der Waals surface area contributed by atoms with Gasteiger partial charge in [0.2, 0.25) is 0 Å². The molecule has 112 valence electrons.